The molecule has 4 heteroatoms. The molecule has 0 saturated carbocycles. The molecule has 0 aromatic carbocycles. The first-order chi connectivity index (χ1) is 6.97. The molecule has 0 aromatic heterocycles. The summed E-state index contributed by atoms with van der Waals surface area (Å²) < 4.78 is 0.800. The monoisotopic (exact) mass is 272 g/mol. The quantitative estimate of drug-likeness (QED) is 0.792. The van der Waals surface area contributed by atoms with E-state index < -0.39 is 0 Å². The van der Waals surface area contributed by atoms with E-state index in [1.54, 1.807) is 4.90 Å². The zero-order valence-corrected chi connectivity index (χ0v) is 10.6. The number of nitrogens with two attached hydrogens (primary N) is 1. The van der Waals surface area contributed by atoms with Gasteiger partial charge in [-0.2, -0.15) is 0 Å². The van der Waals surface area contributed by atoms with Gasteiger partial charge in [-0.1, -0.05) is 36.0 Å². The minimum Gasteiger partial charge on any atom is -0.333 e. The number of halogens is 1. The molecule has 0 bridgehead atoms. The lowest BCUT2D eigenvalue weighted by atomic mass is 9.93. The van der Waals surface area contributed by atoms with Crippen LogP contribution in [0.15, 0.2) is 23.2 Å². The summed E-state index contributed by atoms with van der Waals surface area (Å²) in [5.41, 5.74) is 6.83. The van der Waals surface area contributed by atoms with Crippen LogP contribution in [0.1, 0.15) is 13.3 Å². The maximum atomic E-state index is 12.0. The van der Waals surface area contributed by atoms with Crippen molar-refractivity contribution in [3.63, 3.8) is 0 Å². The Balaban J connectivity index is 2.74. The average molecular weight is 273 g/mol. The summed E-state index contributed by atoms with van der Waals surface area (Å²) in [6.07, 6.45) is 0.790. The molecule has 84 valence electrons. The van der Waals surface area contributed by atoms with E-state index in [1.807, 2.05) is 6.92 Å². The van der Waals surface area contributed by atoms with Crippen LogP contribution in [-0.4, -0.2) is 29.9 Å². The van der Waals surface area contributed by atoms with E-state index in [2.05, 4.69) is 29.1 Å². The third kappa shape index (κ3) is 2.69. The van der Waals surface area contributed by atoms with E-state index in [1.165, 1.54) is 0 Å². The van der Waals surface area contributed by atoms with Crippen LogP contribution in [0, 0.1) is 5.92 Å². The molecule has 1 unspecified atom stereocenters. The van der Waals surface area contributed by atoms with Gasteiger partial charge in [0.25, 0.3) is 0 Å². The first-order valence-electron chi connectivity index (χ1n) is 5.02. The fourth-order valence-electron chi connectivity index (χ4n) is 1.86. The Morgan fingerprint density at radius 3 is 2.87 bits per heavy atom. The zero-order valence-electron chi connectivity index (χ0n) is 9.00. The molecule has 1 aliphatic heterocycles. The van der Waals surface area contributed by atoms with E-state index in [-0.39, 0.29) is 17.9 Å². The minimum atomic E-state index is -0.207. The average Bonchev–Trinajstić information content (AvgIpc) is 2.40. The van der Waals surface area contributed by atoms with Gasteiger partial charge in [0, 0.05) is 17.1 Å². The third-order valence-electron chi connectivity index (χ3n) is 2.67. The topological polar surface area (TPSA) is 46.3 Å². The van der Waals surface area contributed by atoms with Crippen LogP contribution in [0.4, 0.5) is 0 Å². The fourth-order valence-corrected chi connectivity index (χ4v) is 2.16. The molecule has 15 heavy (non-hydrogen) atoms. The minimum absolute atomic E-state index is 0.0787. The Hall–Kier alpha value is -0.610. The van der Waals surface area contributed by atoms with Gasteiger partial charge in [0.2, 0.25) is 5.91 Å². The maximum absolute atomic E-state index is 12.0. The molecule has 2 N–H and O–H groups in total. The predicted molar refractivity (Wildman–Crippen MR) is 65.5 cm³/mol. The van der Waals surface area contributed by atoms with Crippen molar-refractivity contribution in [2.45, 2.75) is 19.4 Å². The first kappa shape index (κ1) is 12.5. The zero-order chi connectivity index (χ0) is 11.6. The summed E-state index contributed by atoms with van der Waals surface area (Å²) in [5.74, 6) is -0.128. The number of amides is 1. The molecule has 1 fully saturated rings. The van der Waals surface area contributed by atoms with Gasteiger partial charge in [-0.15, -0.1) is 0 Å². The molecular formula is C11H17BrN2O. The molecule has 1 aliphatic rings. The van der Waals surface area contributed by atoms with Gasteiger partial charge in [0.15, 0.2) is 0 Å². The molecule has 1 rings (SSSR count). The number of nitrogens with zero attached hydrogens (tertiary/aromatic N) is 1. The van der Waals surface area contributed by atoms with Crippen LogP contribution >= 0.6 is 15.9 Å². The lowest BCUT2D eigenvalue weighted by molar-refractivity contribution is -0.130. The van der Waals surface area contributed by atoms with Crippen molar-refractivity contribution in [1.82, 2.24) is 4.90 Å². The Morgan fingerprint density at radius 2 is 2.40 bits per heavy atom. The summed E-state index contributed by atoms with van der Waals surface area (Å²) in [6.45, 7) is 10.8. The van der Waals surface area contributed by atoms with Gasteiger partial charge in [-0.05, 0) is 12.0 Å². The summed E-state index contributed by atoms with van der Waals surface area (Å²) in [5, 5.41) is 0. The largest absolute Gasteiger partial charge is 0.333 e. The van der Waals surface area contributed by atoms with Crippen LogP contribution in [-0.2, 0) is 4.79 Å². The number of hydrogen-bond donors (Lipinski definition) is 1. The normalized spacial score (nSPS) is 23.4. The molecule has 0 radical (unpaired) electrons. The van der Waals surface area contributed by atoms with Crippen LogP contribution in [0.3, 0.4) is 0 Å². The second-order valence-corrected chi connectivity index (χ2v) is 5.04. The second kappa shape index (κ2) is 4.94. The van der Waals surface area contributed by atoms with Crippen molar-refractivity contribution in [2.75, 3.05) is 13.1 Å². The van der Waals surface area contributed by atoms with E-state index in [0.29, 0.717) is 13.1 Å². The lowest BCUT2D eigenvalue weighted by Crippen LogP contribution is -2.37. The molecule has 0 aliphatic carbocycles. The van der Waals surface area contributed by atoms with E-state index >= 15 is 0 Å². The highest BCUT2D eigenvalue weighted by atomic mass is 79.9. The number of rotatable bonds is 4. The Bertz CT molecular complexity index is 301. The number of carbonyl (C=O) groups excluding carboxylic acids is 1. The Morgan fingerprint density at radius 1 is 1.80 bits per heavy atom. The molecule has 0 aromatic rings. The van der Waals surface area contributed by atoms with Crippen molar-refractivity contribution in [3.8, 4) is 0 Å². The van der Waals surface area contributed by atoms with Gasteiger partial charge < -0.3 is 10.6 Å². The van der Waals surface area contributed by atoms with Gasteiger partial charge in [-0.25, -0.2) is 0 Å². The number of likely N-dealkylation sites (tertiary alicyclic amines) is 1. The van der Waals surface area contributed by atoms with Crippen molar-refractivity contribution in [2.24, 2.45) is 11.7 Å². The van der Waals surface area contributed by atoms with Gasteiger partial charge in [0.05, 0.1) is 12.5 Å². The van der Waals surface area contributed by atoms with Crippen LogP contribution < -0.4 is 5.73 Å². The maximum Gasteiger partial charge on any atom is 0.232 e. The number of hydrogen-bond acceptors (Lipinski definition) is 2. The SMILES string of the molecule is C=C(Br)CN1CC(=C)C([C@@H](N)CC)C1=O. The van der Waals surface area contributed by atoms with E-state index in [0.717, 1.165) is 16.5 Å². The molecule has 1 amide bonds. The highest BCUT2D eigenvalue weighted by molar-refractivity contribution is 9.11. The van der Waals surface area contributed by atoms with Crippen molar-refractivity contribution in [3.05, 3.63) is 23.2 Å². The lowest BCUT2D eigenvalue weighted by Gasteiger charge is -2.18. The van der Waals surface area contributed by atoms with Crippen LogP contribution in [0.25, 0.3) is 0 Å². The Labute approximate surface area is 99.1 Å². The fraction of sp³-hybridized carbons (Fsp3) is 0.545. The van der Waals surface area contributed by atoms with Crippen molar-refractivity contribution < 1.29 is 4.79 Å². The smallest absolute Gasteiger partial charge is 0.232 e. The van der Waals surface area contributed by atoms with Gasteiger partial charge in [-0.3, -0.25) is 4.79 Å². The van der Waals surface area contributed by atoms with Gasteiger partial charge in [0.1, 0.15) is 0 Å². The predicted octanol–water partition coefficient (Wildman–Crippen LogP) is 1.65. The third-order valence-corrected chi connectivity index (χ3v) is 2.92. The molecule has 1 saturated heterocycles. The summed E-state index contributed by atoms with van der Waals surface area (Å²) >= 11 is 3.26. The van der Waals surface area contributed by atoms with E-state index in [4.69, 9.17) is 5.73 Å². The van der Waals surface area contributed by atoms with Crippen molar-refractivity contribution >= 4 is 21.8 Å². The highest BCUT2D eigenvalue weighted by Crippen LogP contribution is 2.27. The Kier molecular flexibility index (Phi) is 4.11. The molecule has 3 nitrogen and oxygen atoms in total. The highest BCUT2D eigenvalue weighted by Gasteiger charge is 2.37. The molecule has 0 spiro atoms. The molecule has 1 heterocycles. The second-order valence-electron chi connectivity index (χ2n) is 3.92. The standard InChI is InChI=1S/C11H17BrN2O/c1-4-9(13)10-7(2)5-14(11(10)15)6-8(3)12/h9-10H,2-6,13H2,1H3/t9-,10?/m0/s1. The number of carbonyl (C=O) groups is 1. The molecular weight excluding hydrogens is 256 g/mol. The summed E-state index contributed by atoms with van der Waals surface area (Å²) in [4.78, 5) is 13.7. The summed E-state index contributed by atoms with van der Waals surface area (Å²) in [7, 11) is 0. The summed E-state index contributed by atoms with van der Waals surface area (Å²) in [6, 6.07) is -0.112. The van der Waals surface area contributed by atoms with Crippen molar-refractivity contribution in [1.29, 1.82) is 0 Å². The van der Waals surface area contributed by atoms with Crippen LogP contribution in [0.2, 0.25) is 0 Å². The van der Waals surface area contributed by atoms with Crippen LogP contribution in [0.5, 0.6) is 0 Å². The first-order valence-corrected chi connectivity index (χ1v) is 5.82. The van der Waals surface area contributed by atoms with Gasteiger partial charge >= 0.3 is 0 Å². The molecule has 2 atom stereocenters. The van der Waals surface area contributed by atoms with E-state index in [9.17, 15) is 4.79 Å².